The van der Waals surface area contributed by atoms with Crippen LogP contribution in [0.15, 0.2) is 12.1 Å². The fourth-order valence-electron chi connectivity index (χ4n) is 3.86. The van der Waals surface area contributed by atoms with E-state index in [4.69, 9.17) is 4.98 Å². The zero-order chi connectivity index (χ0) is 18.7. The van der Waals surface area contributed by atoms with Crippen LogP contribution in [0.5, 0.6) is 0 Å². The lowest BCUT2D eigenvalue weighted by Gasteiger charge is -2.37. The van der Waals surface area contributed by atoms with E-state index in [1.807, 2.05) is 20.8 Å². The zero-order valence-electron chi connectivity index (χ0n) is 16.1. The monoisotopic (exact) mass is 381 g/mol. The van der Waals surface area contributed by atoms with Gasteiger partial charge in [0.25, 0.3) is 10.2 Å². The molecule has 0 bridgehead atoms. The lowest BCUT2D eigenvalue weighted by Crippen LogP contribution is -2.53. The number of pyridine rings is 1. The largest absolute Gasteiger partial charge is 0.369 e. The maximum Gasteiger partial charge on any atom is 0.282 e. The van der Waals surface area contributed by atoms with Gasteiger partial charge in [0.1, 0.15) is 0 Å². The summed E-state index contributed by atoms with van der Waals surface area (Å²) in [4.78, 5) is 6.99. The molecule has 1 N–H and O–H groups in total. The van der Waals surface area contributed by atoms with Gasteiger partial charge in [0.05, 0.1) is 5.69 Å². The molecule has 2 fully saturated rings. The molecular formula is C18H31N5O2S. The Morgan fingerprint density at radius 3 is 2.46 bits per heavy atom. The molecule has 0 spiro atoms. The summed E-state index contributed by atoms with van der Waals surface area (Å²) < 4.78 is 28.5. The highest BCUT2D eigenvalue weighted by molar-refractivity contribution is 7.86. The van der Waals surface area contributed by atoms with Gasteiger partial charge < -0.3 is 10.2 Å². The number of piperazine rings is 1. The van der Waals surface area contributed by atoms with Crippen molar-refractivity contribution in [2.45, 2.75) is 39.7 Å². The van der Waals surface area contributed by atoms with E-state index in [1.165, 1.54) is 10.7 Å². The second-order valence-corrected chi connectivity index (χ2v) is 8.95. The van der Waals surface area contributed by atoms with E-state index < -0.39 is 10.2 Å². The fraction of sp³-hybridized carbons (Fsp3) is 0.722. The normalized spacial score (nSPS) is 22.3. The molecule has 2 aliphatic heterocycles. The molecule has 2 aliphatic rings. The van der Waals surface area contributed by atoms with E-state index in [1.54, 1.807) is 4.31 Å². The summed E-state index contributed by atoms with van der Waals surface area (Å²) in [6, 6.07) is 4.62. The molecule has 0 aromatic carbocycles. The summed E-state index contributed by atoms with van der Waals surface area (Å²) in [5.74, 6) is 0. The number of rotatable bonds is 6. The van der Waals surface area contributed by atoms with Crippen LogP contribution in [0.2, 0.25) is 0 Å². The third-order valence-electron chi connectivity index (χ3n) is 5.34. The van der Waals surface area contributed by atoms with Gasteiger partial charge in [0.15, 0.2) is 0 Å². The SMILES string of the molecule is CCN(CC)S(=O)(=O)N1CCN(c2cc(C)nc([C@@H]3CCCN3)c2)CC1. The third-order valence-corrected chi connectivity index (χ3v) is 7.52. The molecule has 8 heteroatoms. The van der Waals surface area contributed by atoms with E-state index in [-0.39, 0.29) is 0 Å². The average molecular weight is 382 g/mol. The molecule has 146 valence electrons. The van der Waals surface area contributed by atoms with Crippen molar-refractivity contribution in [3.63, 3.8) is 0 Å². The van der Waals surface area contributed by atoms with Crippen molar-refractivity contribution in [3.8, 4) is 0 Å². The predicted octanol–water partition coefficient (Wildman–Crippen LogP) is 1.52. The van der Waals surface area contributed by atoms with Crippen molar-refractivity contribution >= 4 is 15.9 Å². The van der Waals surface area contributed by atoms with E-state index >= 15 is 0 Å². The molecule has 0 amide bonds. The number of aryl methyl sites for hydroxylation is 1. The second kappa shape index (κ2) is 8.21. The number of nitrogens with zero attached hydrogens (tertiary/aromatic N) is 4. The molecular weight excluding hydrogens is 350 g/mol. The Bertz CT molecular complexity index is 706. The smallest absolute Gasteiger partial charge is 0.282 e. The highest BCUT2D eigenvalue weighted by Crippen LogP contribution is 2.27. The Morgan fingerprint density at radius 2 is 1.88 bits per heavy atom. The Kier molecular flexibility index (Phi) is 6.17. The predicted molar refractivity (Wildman–Crippen MR) is 105 cm³/mol. The minimum absolute atomic E-state index is 0.345. The maximum atomic E-state index is 12.7. The summed E-state index contributed by atoms with van der Waals surface area (Å²) in [6.45, 7) is 10.4. The van der Waals surface area contributed by atoms with Gasteiger partial charge in [-0.2, -0.15) is 17.0 Å². The molecule has 0 unspecified atom stereocenters. The van der Waals surface area contributed by atoms with E-state index in [0.29, 0.717) is 45.3 Å². The molecule has 3 rings (SSSR count). The lowest BCUT2D eigenvalue weighted by molar-refractivity contribution is 0.334. The van der Waals surface area contributed by atoms with Crippen molar-refractivity contribution in [1.29, 1.82) is 0 Å². The van der Waals surface area contributed by atoms with Crippen molar-refractivity contribution in [1.82, 2.24) is 18.9 Å². The van der Waals surface area contributed by atoms with Gasteiger partial charge >= 0.3 is 0 Å². The summed E-state index contributed by atoms with van der Waals surface area (Å²) in [5, 5.41) is 3.51. The molecule has 0 radical (unpaired) electrons. The molecule has 1 aromatic heterocycles. The van der Waals surface area contributed by atoms with Crippen LogP contribution < -0.4 is 10.2 Å². The highest BCUT2D eigenvalue weighted by atomic mass is 32.2. The molecule has 7 nitrogen and oxygen atoms in total. The first-order chi connectivity index (χ1) is 12.5. The fourth-order valence-corrected chi connectivity index (χ4v) is 5.47. The molecule has 1 aromatic rings. The van der Waals surface area contributed by atoms with Crippen LogP contribution in [0.3, 0.4) is 0 Å². The number of nitrogens with one attached hydrogen (secondary N) is 1. The summed E-state index contributed by atoms with van der Waals surface area (Å²) in [7, 11) is -3.34. The van der Waals surface area contributed by atoms with Crippen molar-refractivity contribution < 1.29 is 8.42 Å². The Hall–Kier alpha value is -1.22. The summed E-state index contributed by atoms with van der Waals surface area (Å²) >= 11 is 0. The Balaban J connectivity index is 1.70. The quantitative estimate of drug-likeness (QED) is 0.809. The van der Waals surface area contributed by atoms with E-state index in [2.05, 4.69) is 22.3 Å². The molecule has 26 heavy (non-hydrogen) atoms. The van der Waals surface area contributed by atoms with Crippen LogP contribution in [-0.2, 0) is 10.2 Å². The van der Waals surface area contributed by atoms with Crippen molar-refractivity contribution in [2.24, 2.45) is 0 Å². The van der Waals surface area contributed by atoms with Crippen LogP contribution in [0, 0.1) is 6.92 Å². The zero-order valence-corrected chi connectivity index (χ0v) is 16.9. The summed E-state index contributed by atoms with van der Waals surface area (Å²) in [6.07, 6.45) is 2.32. The number of aromatic nitrogens is 1. The average Bonchev–Trinajstić information content (AvgIpc) is 3.17. The van der Waals surface area contributed by atoms with Crippen molar-refractivity contribution in [3.05, 3.63) is 23.5 Å². The Morgan fingerprint density at radius 1 is 1.19 bits per heavy atom. The van der Waals surface area contributed by atoms with E-state index in [0.717, 1.165) is 30.0 Å². The topological polar surface area (TPSA) is 68.8 Å². The molecule has 3 heterocycles. The highest BCUT2D eigenvalue weighted by Gasteiger charge is 2.31. The molecule has 1 atom stereocenters. The molecule has 2 saturated heterocycles. The van der Waals surface area contributed by atoms with Gasteiger partial charge in [-0.15, -0.1) is 0 Å². The number of hydrogen-bond acceptors (Lipinski definition) is 5. The van der Waals surface area contributed by atoms with Crippen molar-refractivity contribution in [2.75, 3.05) is 50.7 Å². The number of anilines is 1. The summed E-state index contributed by atoms with van der Waals surface area (Å²) in [5.41, 5.74) is 3.28. The van der Waals surface area contributed by atoms with Crippen LogP contribution in [0.1, 0.15) is 44.1 Å². The van der Waals surface area contributed by atoms with E-state index in [9.17, 15) is 8.42 Å². The van der Waals surface area contributed by atoms with Gasteiger partial charge in [-0.1, -0.05) is 13.8 Å². The van der Waals surface area contributed by atoms with Gasteiger partial charge in [0.2, 0.25) is 0 Å². The van der Waals surface area contributed by atoms with Gasteiger partial charge in [-0.25, -0.2) is 0 Å². The van der Waals surface area contributed by atoms with Gasteiger partial charge in [0, 0.05) is 56.7 Å². The Labute approximate surface area is 157 Å². The third kappa shape index (κ3) is 4.03. The van der Waals surface area contributed by atoms with Crippen LogP contribution >= 0.6 is 0 Å². The first-order valence-electron chi connectivity index (χ1n) is 9.67. The number of hydrogen-bond donors (Lipinski definition) is 1. The second-order valence-electron chi connectivity index (χ2n) is 7.02. The minimum atomic E-state index is -3.34. The maximum absolute atomic E-state index is 12.7. The van der Waals surface area contributed by atoms with Gasteiger partial charge in [-0.05, 0) is 38.4 Å². The van der Waals surface area contributed by atoms with Crippen LogP contribution in [0.25, 0.3) is 0 Å². The van der Waals surface area contributed by atoms with Crippen LogP contribution in [-0.4, -0.2) is 67.8 Å². The first kappa shape index (κ1) is 19.5. The lowest BCUT2D eigenvalue weighted by atomic mass is 10.1. The molecule has 0 aliphatic carbocycles. The van der Waals surface area contributed by atoms with Gasteiger partial charge in [-0.3, -0.25) is 4.98 Å². The first-order valence-corrected chi connectivity index (χ1v) is 11.1. The molecule has 0 saturated carbocycles. The standard InChI is InChI=1S/C18H31N5O2S/c1-4-22(5-2)26(24,25)23-11-9-21(10-12-23)16-13-15(3)20-18(14-16)17-7-6-8-19-17/h13-14,17,19H,4-12H2,1-3H3/t17-/m0/s1. The minimum Gasteiger partial charge on any atom is -0.369 e. The van der Waals surface area contributed by atoms with Crippen LogP contribution in [0.4, 0.5) is 5.69 Å².